The molecule has 108 valence electrons. The van der Waals surface area contributed by atoms with Gasteiger partial charge in [0.05, 0.1) is 10.6 Å². The van der Waals surface area contributed by atoms with Crippen molar-refractivity contribution in [3.8, 4) is 0 Å². The lowest BCUT2D eigenvalue weighted by Crippen LogP contribution is -2.45. The molecule has 3 rings (SSSR count). The standard InChI is InChI=1S/C14H18ClN3O2/c15-11-4-9(5-17-13(11)16)14(20)18-12-8-2-1-7(3-8)10(12)6-19/h4-5,7-8,10,12,19H,1-3,6H2,(H2,16,17)(H,18,20). The monoisotopic (exact) mass is 295 g/mol. The number of halogens is 1. The number of nitrogens with two attached hydrogens (primary N) is 1. The van der Waals surface area contributed by atoms with E-state index in [2.05, 4.69) is 10.3 Å². The molecule has 1 aromatic heterocycles. The predicted molar refractivity (Wildman–Crippen MR) is 76.3 cm³/mol. The molecule has 2 bridgehead atoms. The minimum atomic E-state index is -0.199. The summed E-state index contributed by atoms with van der Waals surface area (Å²) in [7, 11) is 0. The first-order valence-corrected chi connectivity index (χ1v) is 7.30. The number of nitrogens with zero attached hydrogens (tertiary/aromatic N) is 1. The second kappa shape index (κ2) is 5.22. The minimum absolute atomic E-state index is 0.0579. The number of nitrogen functional groups attached to an aromatic ring is 1. The number of carbonyl (C=O) groups is 1. The fraction of sp³-hybridized carbons (Fsp3) is 0.571. The lowest BCUT2D eigenvalue weighted by atomic mass is 9.85. The average Bonchev–Trinajstić information content (AvgIpc) is 3.02. The van der Waals surface area contributed by atoms with E-state index in [4.69, 9.17) is 17.3 Å². The molecule has 2 aliphatic rings. The maximum Gasteiger partial charge on any atom is 0.253 e. The number of carbonyl (C=O) groups excluding carboxylic acids is 1. The third kappa shape index (κ3) is 2.25. The van der Waals surface area contributed by atoms with Gasteiger partial charge in [0.15, 0.2) is 0 Å². The zero-order valence-corrected chi connectivity index (χ0v) is 11.8. The van der Waals surface area contributed by atoms with Crippen LogP contribution in [0.2, 0.25) is 5.02 Å². The van der Waals surface area contributed by atoms with Gasteiger partial charge in [-0.2, -0.15) is 0 Å². The molecule has 0 aromatic carbocycles. The van der Waals surface area contributed by atoms with Gasteiger partial charge < -0.3 is 16.2 Å². The molecule has 1 amide bonds. The highest BCUT2D eigenvalue weighted by atomic mass is 35.5. The van der Waals surface area contributed by atoms with Gasteiger partial charge in [0, 0.05) is 24.8 Å². The molecular weight excluding hydrogens is 278 g/mol. The van der Waals surface area contributed by atoms with E-state index in [0.717, 1.165) is 19.3 Å². The lowest BCUT2D eigenvalue weighted by Gasteiger charge is -2.30. The zero-order chi connectivity index (χ0) is 14.3. The van der Waals surface area contributed by atoms with Crippen LogP contribution in [0.1, 0.15) is 29.6 Å². The highest BCUT2D eigenvalue weighted by Crippen LogP contribution is 2.48. The second-order valence-electron chi connectivity index (χ2n) is 5.77. The van der Waals surface area contributed by atoms with Gasteiger partial charge in [0.25, 0.3) is 5.91 Å². The van der Waals surface area contributed by atoms with E-state index in [1.54, 1.807) is 0 Å². The van der Waals surface area contributed by atoms with Crippen molar-refractivity contribution in [3.63, 3.8) is 0 Å². The van der Waals surface area contributed by atoms with E-state index in [1.807, 2.05) is 0 Å². The Labute approximate surface area is 122 Å². The van der Waals surface area contributed by atoms with E-state index in [1.165, 1.54) is 12.3 Å². The zero-order valence-electron chi connectivity index (χ0n) is 11.1. The normalized spacial score (nSPS) is 31.5. The molecule has 1 heterocycles. The Balaban J connectivity index is 1.74. The van der Waals surface area contributed by atoms with Crippen molar-refractivity contribution < 1.29 is 9.90 Å². The van der Waals surface area contributed by atoms with Gasteiger partial charge >= 0.3 is 0 Å². The molecule has 1 aromatic rings. The van der Waals surface area contributed by atoms with Gasteiger partial charge in [0.1, 0.15) is 5.82 Å². The number of aliphatic hydroxyl groups is 1. The summed E-state index contributed by atoms with van der Waals surface area (Å²) in [4.78, 5) is 16.2. The molecule has 0 saturated heterocycles. The summed E-state index contributed by atoms with van der Waals surface area (Å²) in [6.45, 7) is 0.132. The van der Waals surface area contributed by atoms with Gasteiger partial charge in [-0.3, -0.25) is 4.79 Å². The van der Waals surface area contributed by atoms with E-state index in [0.29, 0.717) is 17.4 Å². The predicted octanol–water partition coefficient (Wildman–Crippen LogP) is 1.45. The number of pyridine rings is 1. The Morgan fingerprint density at radius 1 is 1.50 bits per heavy atom. The van der Waals surface area contributed by atoms with Crippen molar-refractivity contribution in [1.29, 1.82) is 0 Å². The summed E-state index contributed by atoms with van der Waals surface area (Å²) in [5.74, 6) is 1.23. The van der Waals surface area contributed by atoms with Crippen molar-refractivity contribution in [2.24, 2.45) is 17.8 Å². The van der Waals surface area contributed by atoms with E-state index >= 15 is 0 Å². The quantitative estimate of drug-likeness (QED) is 0.787. The molecule has 0 spiro atoms. The molecule has 5 nitrogen and oxygen atoms in total. The van der Waals surface area contributed by atoms with Crippen LogP contribution in [0, 0.1) is 17.8 Å². The summed E-state index contributed by atoms with van der Waals surface area (Å²) in [5, 5.41) is 12.8. The molecular formula is C14H18ClN3O2. The van der Waals surface area contributed by atoms with Crippen LogP contribution in [0.4, 0.5) is 5.82 Å². The highest BCUT2D eigenvalue weighted by Gasteiger charge is 2.47. The largest absolute Gasteiger partial charge is 0.396 e. The fourth-order valence-electron chi connectivity index (χ4n) is 3.71. The molecule has 6 heteroatoms. The first-order chi connectivity index (χ1) is 9.60. The SMILES string of the molecule is Nc1ncc(C(=O)NC2C3CCC(C3)C2CO)cc1Cl. The molecule has 2 saturated carbocycles. The Kier molecular flexibility index (Phi) is 3.56. The van der Waals surface area contributed by atoms with Gasteiger partial charge in [-0.1, -0.05) is 11.6 Å². The Hall–Kier alpha value is -1.33. The van der Waals surface area contributed by atoms with Crippen molar-refractivity contribution in [2.75, 3.05) is 12.3 Å². The van der Waals surface area contributed by atoms with E-state index in [9.17, 15) is 9.90 Å². The van der Waals surface area contributed by atoms with Crippen molar-refractivity contribution in [2.45, 2.75) is 25.3 Å². The first-order valence-electron chi connectivity index (χ1n) is 6.93. The van der Waals surface area contributed by atoms with E-state index in [-0.39, 0.29) is 35.3 Å². The molecule has 2 fully saturated rings. The molecule has 4 atom stereocenters. The number of hydrogen-bond donors (Lipinski definition) is 3. The van der Waals surface area contributed by atoms with Gasteiger partial charge in [-0.25, -0.2) is 4.98 Å². The summed E-state index contributed by atoms with van der Waals surface area (Å²) in [5.41, 5.74) is 5.94. The number of amides is 1. The number of aliphatic hydroxyl groups excluding tert-OH is 1. The van der Waals surface area contributed by atoms with Crippen LogP contribution in [0.25, 0.3) is 0 Å². The lowest BCUT2D eigenvalue weighted by molar-refractivity contribution is 0.0861. The molecule has 0 radical (unpaired) electrons. The van der Waals surface area contributed by atoms with Crippen molar-refractivity contribution >= 4 is 23.3 Å². The first kappa shape index (κ1) is 13.6. The minimum Gasteiger partial charge on any atom is -0.396 e. The van der Waals surface area contributed by atoms with Gasteiger partial charge in [-0.05, 0) is 37.2 Å². The van der Waals surface area contributed by atoms with Gasteiger partial charge in [0.2, 0.25) is 0 Å². The molecule has 20 heavy (non-hydrogen) atoms. The number of rotatable bonds is 3. The smallest absolute Gasteiger partial charge is 0.253 e. The maximum absolute atomic E-state index is 12.3. The van der Waals surface area contributed by atoms with Gasteiger partial charge in [-0.15, -0.1) is 0 Å². The van der Waals surface area contributed by atoms with Crippen molar-refractivity contribution in [1.82, 2.24) is 10.3 Å². The van der Waals surface area contributed by atoms with E-state index < -0.39 is 0 Å². The number of fused-ring (bicyclic) bond motifs is 2. The van der Waals surface area contributed by atoms with Crippen LogP contribution < -0.4 is 11.1 Å². The fourth-order valence-corrected chi connectivity index (χ4v) is 3.87. The molecule has 4 N–H and O–H groups in total. The number of hydrogen-bond acceptors (Lipinski definition) is 4. The Morgan fingerprint density at radius 3 is 2.95 bits per heavy atom. The molecule has 2 aliphatic carbocycles. The number of anilines is 1. The molecule has 4 unspecified atom stereocenters. The topological polar surface area (TPSA) is 88.2 Å². The second-order valence-corrected chi connectivity index (χ2v) is 6.18. The summed E-state index contributed by atoms with van der Waals surface area (Å²) < 4.78 is 0. The van der Waals surface area contributed by atoms with Crippen LogP contribution in [0.5, 0.6) is 0 Å². The average molecular weight is 296 g/mol. The summed E-state index contributed by atoms with van der Waals surface area (Å²) in [6, 6.07) is 1.59. The van der Waals surface area contributed by atoms with Crippen LogP contribution >= 0.6 is 11.6 Å². The number of aromatic nitrogens is 1. The molecule has 0 aliphatic heterocycles. The Morgan fingerprint density at radius 2 is 2.25 bits per heavy atom. The highest BCUT2D eigenvalue weighted by molar-refractivity contribution is 6.33. The van der Waals surface area contributed by atoms with Crippen molar-refractivity contribution in [3.05, 3.63) is 22.8 Å². The third-order valence-electron chi connectivity index (χ3n) is 4.73. The maximum atomic E-state index is 12.3. The van der Waals surface area contributed by atoms with Crippen LogP contribution in [-0.2, 0) is 0 Å². The number of nitrogens with one attached hydrogen (secondary N) is 1. The summed E-state index contributed by atoms with van der Waals surface area (Å²) in [6.07, 6.45) is 4.83. The third-order valence-corrected chi connectivity index (χ3v) is 5.03. The van der Waals surface area contributed by atoms with Crippen LogP contribution in [0.15, 0.2) is 12.3 Å². The van der Waals surface area contributed by atoms with Crippen LogP contribution in [0.3, 0.4) is 0 Å². The summed E-state index contributed by atoms with van der Waals surface area (Å²) >= 11 is 5.89. The Bertz CT molecular complexity index is 537. The van der Waals surface area contributed by atoms with Crippen LogP contribution in [-0.4, -0.2) is 28.6 Å².